The number of benzene rings is 2. The number of amidine groups is 1. The predicted octanol–water partition coefficient (Wildman–Crippen LogP) is 4.01. The van der Waals surface area contributed by atoms with Crippen LogP contribution in [0.4, 0.5) is 5.69 Å². The molecule has 0 spiro atoms. The zero-order valence-electron chi connectivity index (χ0n) is 19.2. The Morgan fingerprint density at radius 2 is 1.94 bits per heavy atom. The van der Waals surface area contributed by atoms with Crippen LogP contribution in [-0.4, -0.2) is 52.8 Å². The molecule has 2 fully saturated rings. The number of thioether (sulfide) groups is 1. The van der Waals surface area contributed by atoms with Gasteiger partial charge in [-0.05, 0) is 61.0 Å². The highest BCUT2D eigenvalue weighted by molar-refractivity contribution is 8.18. The number of ether oxygens (including phenoxy) is 1. The number of para-hydroxylation sites is 1. The number of rotatable bonds is 4. The molecule has 174 valence electrons. The molecule has 3 heterocycles. The zero-order valence-corrected chi connectivity index (χ0v) is 20.0. The lowest BCUT2D eigenvalue weighted by Gasteiger charge is -2.27. The van der Waals surface area contributed by atoms with E-state index < -0.39 is 0 Å². The van der Waals surface area contributed by atoms with E-state index in [-0.39, 0.29) is 18.4 Å². The van der Waals surface area contributed by atoms with Crippen molar-refractivity contribution in [1.29, 1.82) is 0 Å². The van der Waals surface area contributed by atoms with Gasteiger partial charge in [0.15, 0.2) is 5.17 Å². The Morgan fingerprint density at radius 1 is 1.15 bits per heavy atom. The van der Waals surface area contributed by atoms with Gasteiger partial charge in [0.2, 0.25) is 5.91 Å². The molecule has 0 saturated carbocycles. The molecular weight excluding hydrogens is 448 g/mol. The number of hydrogen-bond acceptors (Lipinski definition) is 5. The molecule has 0 bridgehead atoms. The topological polar surface area (TPSA) is 75.9 Å². The molecule has 2 aliphatic heterocycles. The minimum atomic E-state index is -0.172. The van der Waals surface area contributed by atoms with Gasteiger partial charge in [0.1, 0.15) is 6.54 Å². The third-order valence-corrected chi connectivity index (χ3v) is 7.06. The quantitative estimate of drug-likeness (QED) is 0.580. The molecule has 2 amide bonds. The number of aryl methyl sites for hydroxylation is 2. The van der Waals surface area contributed by atoms with E-state index in [9.17, 15) is 9.59 Å². The van der Waals surface area contributed by atoms with Gasteiger partial charge < -0.3 is 19.5 Å². The van der Waals surface area contributed by atoms with Crippen LogP contribution in [0.5, 0.6) is 0 Å². The first-order chi connectivity index (χ1) is 16.5. The normalized spacial score (nSPS) is 18.8. The zero-order chi connectivity index (χ0) is 23.7. The van der Waals surface area contributed by atoms with E-state index in [2.05, 4.69) is 17.2 Å². The SMILES string of the molecule is Cc1ccc(N=C2NC(=O)/C(=C/c3cn(CC(=O)N4CCOCC4)c4ccccc34)S2)cc1C. The standard InChI is InChI=1S/C26H26N4O3S/c1-17-7-8-20(13-18(17)2)27-26-28-25(32)23(34-26)14-19-15-30(22-6-4-3-5-21(19)22)16-24(31)29-9-11-33-12-10-29/h3-8,13-15H,9-12,16H2,1-2H3,(H,27,28,32)/b23-14-. The van der Waals surface area contributed by atoms with Crippen molar-refractivity contribution in [2.75, 3.05) is 26.3 Å². The summed E-state index contributed by atoms with van der Waals surface area (Å²) in [6.07, 6.45) is 3.82. The third-order valence-electron chi connectivity index (χ3n) is 6.15. The van der Waals surface area contributed by atoms with Crippen LogP contribution in [0.1, 0.15) is 16.7 Å². The Bertz CT molecular complexity index is 1340. The van der Waals surface area contributed by atoms with Crippen molar-refractivity contribution in [3.63, 3.8) is 0 Å². The fourth-order valence-corrected chi connectivity index (χ4v) is 4.95. The van der Waals surface area contributed by atoms with Crippen LogP contribution in [-0.2, 0) is 20.9 Å². The van der Waals surface area contributed by atoms with Gasteiger partial charge in [0, 0.05) is 35.8 Å². The van der Waals surface area contributed by atoms with Crippen molar-refractivity contribution in [3.05, 3.63) is 70.3 Å². The summed E-state index contributed by atoms with van der Waals surface area (Å²) in [7, 11) is 0. The van der Waals surface area contributed by atoms with E-state index in [0.717, 1.165) is 27.7 Å². The van der Waals surface area contributed by atoms with Crippen molar-refractivity contribution in [1.82, 2.24) is 14.8 Å². The molecule has 5 rings (SSSR count). The summed E-state index contributed by atoms with van der Waals surface area (Å²) in [6, 6.07) is 13.9. The Kier molecular flexibility index (Phi) is 6.26. The second-order valence-corrected chi connectivity index (χ2v) is 9.50. The minimum Gasteiger partial charge on any atom is -0.378 e. The van der Waals surface area contributed by atoms with E-state index in [1.807, 2.05) is 71.1 Å². The van der Waals surface area contributed by atoms with Crippen LogP contribution in [0.15, 0.2) is 58.6 Å². The summed E-state index contributed by atoms with van der Waals surface area (Å²) in [5, 5.41) is 4.42. The molecular formula is C26H26N4O3S. The summed E-state index contributed by atoms with van der Waals surface area (Å²) >= 11 is 1.33. The highest BCUT2D eigenvalue weighted by Gasteiger charge is 2.25. The van der Waals surface area contributed by atoms with Gasteiger partial charge in [0.05, 0.1) is 23.8 Å². The molecule has 3 aromatic rings. The number of carbonyl (C=O) groups excluding carboxylic acids is 2. The van der Waals surface area contributed by atoms with Gasteiger partial charge in [-0.2, -0.15) is 0 Å². The van der Waals surface area contributed by atoms with Crippen molar-refractivity contribution < 1.29 is 14.3 Å². The number of fused-ring (bicyclic) bond motifs is 1. The molecule has 1 aromatic heterocycles. The first-order valence-corrected chi connectivity index (χ1v) is 12.1. The van der Waals surface area contributed by atoms with Gasteiger partial charge in [-0.25, -0.2) is 4.99 Å². The monoisotopic (exact) mass is 474 g/mol. The van der Waals surface area contributed by atoms with E-state index in [1.165, 1.54) is 17.3 Å². The Hall–Kier alpha value is -3.36. The van der Waals surface area contributed by atoms with Gasteiger partial charge in [-0.1, -0.05) is 24.3 Å². The summed E-state index contributed by atoms with van der Waals surface area (Å²) in [4.78, 5) is 32.5. The first-order valence-electron chi connectivity index (χ1n) is 11.3. The van der Waals surface area contributed by atoms with E-state index in [1.54, 1.807) is 0 Å². The summed E-state index contributed by atoms with van der Waals surface area (Å²) in [6.45, 7) is 6.75. The van der Waals surface area contributed by atoms with Crippen LogP contribution >= 0.6 is 11.8 Å². The fourth-order valence-electron chi connectivity index (χ4n) is 4.11. The number of nitrogens with zero attached hydrogens (tertiary/aromatic N) is 3. The molecule has 0 unspecified atom stereocenters. The molecule has 2 saturated heterocycles. The van der Waals surface area contributed by atoms with Crippen LogP contribution in [0.2, 0.25) is 0 Å². The molecule has 0 aliphatic carbocycles. The fraction of sp³-hybridized carbons (Fsp3) is 0.269. The molecule has 2 aromatic carbocycles. The van der Waals surface area contributed by atoms with Crippen LogP contribution in [0.3, 0.4) is 0 Å². The van der Waals surface area contributed by atoms with Gasteiger partial charge in [0.25, 0.3) is 5.91 Å². The number of carbonyl (C=O) groups is 2. The third kappa shape index (κ3) is 4.64. The van der Waals surface area contributed by atoms with Gasteiger partial charge in [-0.3, -0.25) is 9.59 Å². The lowest BCUT2D eigenvalue weighted by molar-refractivity contribution is -0.135. The average Bonchev–Trinajstić information content (AvgIpc) is 3.36. The van der Waals surface area contributed by atoms with E-state index in [4.69, 9.17) is 4.74 Å². The van der Waals surface area contributed by atoms with Crippen molar-refractivity contribution in [2.45, 2.75) is 20.4 Å². The summed E-state index contributed by atoms with van der Waals surface area (Å²) in [5.41, 5.74) is 5.03. The van der Waals surface area contributed by atoms with Crippen molar-refractivity contribution in [2.24, 2.45) is 4.99 Å². The molecule has 34 heavy (non-hydrogen) atoms. The summed E-state index contributed by atoms with van der Waals surface area (Å²) < 4.78 is 7.32. The van der Waals surface area contributed by atoms with Crippen molar-refractivity contribution >= 4 is 51.4 Å². The number of aliphatic imine (C=N–C) groups is 1. The Morgan fingerprint density at radius 3 is 2.74 bits per heavy atom. The van der Waals surface area contributed by atoms with Crippen LogP contribution in [0, 0.1) is 13.8 Å². The molecule has 2 aliphatic rings. The lowest BCUT2D eigenvalue weighted by atomic mass is 10.1. The summed E-state index contributed by atoms with van der Waals surface area (Å²) in [5.74, 6) is -0.104. The number of amides is 2. The second-order valence-electron chi connectivity index (χ2n) is 8.47. The number of hydrogen-bond donors (Lipinski definition) is 1. The highest BCUT2D eigenvalue weighted by atomic mass is 32.2. The largest absolute Gasteiger partial charge is 0.378 e. The molecule has 7 nitrogen and oxygen atoms in total. The maximum Gasteiger partial charge on any atom is 0.264 e. The van der Waals surface area contributed by atoms with E-state index in [0.29, 0.717) is 36.4 Å². The number of aromatic nitrogens is 1. The van der Waals surface area contributed by atoms with Crippen molar-refractivity contribution in [3.8, 4) is 0 Å². The van der Waals surface area contributed by atoms with Gasteiger partial charge >= 0.3 is 0 Å². The molecule has 1 N–H and O–H groups in total. The number of nitrogens with one attached hydrogen (secondary N) is 1. The van der Waals surface area contributed by atoms with Crippen LogP contribution in [0.25, 0.3) is 17.0 Å². The maximum absolute atomic E-state index is 12.8. The van der Waals surface area contributed by atoms with E-state index >= 15 is 0 Å². The van der Waals surface area contributed by atoms with Gasteiger partial charge in [-0.15, -0.1) is 0 Å². The number of morpholine rings is 1. The van der Waals surface area contributed by atoms with Crippen LogP contribution < -0.4 is 5.32 Å². The molecule has 0 radical (unpaired) electrons. The predicted molar refractivity (Wildman–Crippen MR) is 136 cm³/mol. The Balaban J connectivity index is 1.41. The maximum atomic E-state index is 12.8. The molecule has 8 heteroatoms. The minimum absolute atomic E-state index is 0.0686. The highest BCUT2D eigenvalue weighted by Crippen LogP contribution is 2.31. The Labute approximate surface area is 202 Å². The average molecular weight is 475 g/mol. The second kappa shape index (κ2) is 9.48. The lowest BCUT2D eigenvalue weighted by Crippen LogP contribution is -2.42. The smallest absolute Gasteiger partial charge is 0.264 e. The first kappa shape index (κ1) is 22.4. The molecule has 0 atom stereocenters.